The summed E-state index contributed by atoms with van der Waals surface area (Å²) >= 11 is 0. The largest absolute Gasteiger partial charge is 0.494 e. The molecule has 1 atom stereocenters. The van der Waals surface area contributed by atoms with E-state index in [1.54, 1.807) is 18.2 Å². The fourth-order valence-corrected chi connectivity index (χ4v) is 2.61. The number of benzene rings is 2. The van der Waals surface area contributed by atoms with Crippen LogP contribution in [0.15, 0.2) is 36.4 Å². The summed E-state index contributed by atoms with van der Waals surface area (Å²) in [6.07, 6.45) is 0. The van der Waals surface area contributed by atoms with Crippen LogP contribution in [-0.2, 0) is 11.3 Å². The summed E-state index contributed by atoms with van der Waals surface area (Å²) in [6, 6.07) is 7.83. The van der Waals surface area contributed by atoms with Crippen LogP contribution in [0, 0.1) is 5.82 Å². The van der Waals surface area contributed by atoms with E-state index in [0.717, 1.165) is 11.6 Å². The summed E-state index contributed by atoms with van der Waals surface area (Å²) in [5.74, 6) is -1.92. The number of aliphatic carboxylic acids is 1. The summed E-state index contributed by atoms with van der Waals surface area (Å²) in [5.41, 5.74) is 2.20. The molecule has 0 saturated heterocycles. The van der Waals surface area contributed by atoms with Gasteiger partial charge in [0, 0.05) is 17.8 Å². The van der Waals surface area contributed by atoms with Crippen LogP contribution in [0.2, 0.25) is 0 Å². The number of carbonyl (C=O) groups excluding carboxylic acids is 1. The van der Waals surface area contributed by atoms with Crippen LogP contribution in [0.3, 0.4) is 0 Å². The Bertz CT molecular complexity index is 822. The maximum atomic E-state index is 13.5. The smallest absolute Gasteiger partial charge is 0.330 e. The molecule has 2 aromatic rings. The molecule has 2 aromatic carbocycles. The Hall–Kier alpha value is -3.09. The van der Waals surface area contributed by atoms with Gasteiger partial charge in [0.15, 0.2) is 17.6 Å². The molecule has 7 heteroatoms. The number of halogens is 1. The van der Waals surface area contributed by atoms with Crippen molar-refractivity contribution in [2.24, 2.45) is 0 Å². The summed E-state index contributed by atoms with van der Waals surface area (Å²) < 4.78 is 18.4. The van der Waals surface area contributed by atoms with Gasteiger partial charge in [-0.3, -0.25) is 4.79 Å². The highest BCUT2D eigenvalue weighted by molar-refractivity contribution is 5.99. The van der Waals surface area contributed by atoms with E-state index in [4.69, 9.17) is 4.74 Å². The minimum Gasteiger partial charge on any atom is -0.494 e. The van der Waals surface area contributed by atoms with Crippen molar-refractivity contribution in [3.63, 3.8) is 0 Å². The van der Waals surface area contributed by atoms with E-state index in [1.807, 2.05) is 0 Å². The molecule has 1 heterocycles. The number of anilines is 1. The summed E-state index contributed by atoms with van der Waals surface area (Å²) in [6.45, 7) is 0.464. The van der Waals surface area contributed by atoms with Gasteiger partial charge in [-0.05, 0) is 35.4 Å². The number of methoxy groups -OCH3 is 1. The molecule has 0 aliphatic carbocycles. The van der Waals surface area contributed by atoms with Gasteiger partial charge in [0.1, 0.15) is 0 Å². The van der Waals surface area contributed by atoms with Crippen LogP contribution in [0.5, 0.6) is 5.75 Å². The van der Waals surface area contributed by atoms with Crippen molar-refractivity contribution in [2.75, 3.05) is 12.4 Å². The molecular weight excluding hydrogens is 315 g/mol. The third kappa shape index (κ3) is 2.88. The number of hydrogen-bond acceptors (Lipinski definition) is 4. The van der Waals surface area contributed by atoms with Crippen molar-refractivity contribution in [2.45, 2.75) is 12.6 Å². The predicted octanol–water partition coefficient (Wildman–Crippen LogP) is 2.32. The fraction of sp³-hybridized carbons (Fsp3) is 0.176. The summed E-state index contributed by atoms with van der Waals surface area (Å²) in [4.78, 5) is 23.3. The molecule has 6 nitrogen and oxygen atoms in total. The number of fused-ring (bicyclic) bond motifs is 1. The number of carboxylic acid groups (broad SMARTS) is 1. The lowest BCUT2D eigenvalue weighted by molar-refractivity contribution is -0.138. The van der Waals surface area contributed by atoms with Crippen molar-refractivity contribution >= 4 is 17.6 Å². The van der Waals surface area contributed by atoms with E-state index in [9.17, 15) is 19.1 Å². The van der Waals surface area contributed by atoms with E-state index >= 15 is 0 Å². The second-order valence-electron chi connectivity index (χ2n) is 5.36. The Morgan fingerprint density at radius 1 is 1.33 bits per heavy atom. The highest BCUT2D eigenvalue weighted by atomic mass is 19.1. The zero-order valence-electron chi connectivity index (χ0n) is 12.8. The van der Waals surface area contributed by atoms with Crippen LogP contribution in [0.4, 0.5) is 10.1 Å². The molecule has 24 heavy (non-hydrogen) atoms. The molecule has 3 rings (SSSR count). The van der Waals surface area contributed by atoms with Gasteiger partial charge in [-0.2, -0.15) is 0 Å². The Labute approximate surface area is 137 Å². The highest BCUT2D eigenvalue weighted by Crippen LogP contribution is 2.27. The standard InChI is InChI=1S/C17H15FN2O4/c1-24-14-6-9(3-5-13(14)18)15(17(22)23)20-11-4-2-10-8-19-16(21)12(10)7-11/h2-7,15,20H,8H2,1H3,(H,19,21)(H,22,23). The molecule has 1 unspecified atom stereocenters. The average molecular weight is 330 g/mol. The maximum absolute atomic E-state index is 13.5. The Kier molecular flexibility index (Phi) is 4.07. The average Bonchev–Trinajstić information content (AvgIpc) is 2.94. The number of rotatable bonds is 5. The predicted molar refractivity (Wildman–Crippen MR) is 84.6 cm³/mol. The molecule has 1 amide bonds. The Morgan fingerprint density at radius 3 is 2.83 bits per heavy atom. The van der Waals surface area contributed by atoms with Gasteiger partial charge in [0.05, 0.1) is 7.11 Å². The first-order chi connectivity index (χ1) is 11.5. The van der Waals surface area contributed by atoms with Crippen LogP contribution in [-0.4, -0.2) is 24.1 Å². The summed E-state index contributed by atoms with van der Waals surface area (Å²) in [7, 11) is 1.31. The number of amides is 1. The van der Waals surface area contributed by atoms with Crippen LogP contribution in [0.25, 0.3) is 0 Å². The van der Waals surface area contributed by atoms with Crippen molar-refractivity contribution < 1.29 is 23.8 Å². The monoisotopic (exact) mass is 330 g/mol. The molecule has 0 radical (unpaired) electrons. The van der Waals surface area contributed by atoms with Crippen molar-refractivity contribution in [1.82, 2.24) is 5.32 Å². The second-order valence-corrected chi connectivity index (χ2v) is 5.36. The topological polar surface area (TPSA) is 87.7 Å². The van der Waals surface area contributed by atoms with Gasteiger partial charge >= 0.3 is 5.97 Å². The molecule has 124 valence electrons. The molecule has 0 aromatic heterocycles. The van der Waals surface area contributed by atoms with Gasteiger partial charge in [0.25, 0.3) is 5.91 Å². The second kappa shape index (κ2) is 6.19. The number of nitrogens with one attached hydrogen (secondary N) is 2. The van der Waals surface area contributed by atoms with E-state index in [0.29, 0.717) is 23.4 Å². The Balaban J connectivity index is 1.92. The minimum absolute atomic E-state index is 0.0334. The maximum Gasteiger partial charge on any atom is 0.330 e. The van der Waals surface area contributed by atoms with Crippen LogP contribution >= 0.6 is 0 Å². The number of carboxylic acids is 1. The number of hydrogen-bond donors (Lipinski definition) is 3. The van der Waals surface area contributed by atoms with Gasteiger partial charge in [-0.25, -0.2) is 9.18 Å². The molecule has 0 fully saturated rings. The van der Waals surface area contributed by atoms with Crippen molar-refractivity contribution in [1.29, 1.82) is 0 Å². The van der Waals surface area contributed by atoms with Gasteiger partial charge in [-0.15, -0.1) is 0 Å². The SMILES string of the molecule is COc1cc(C(Nc2ccc3c(c2)C(=O)NC3)C(=O)O)ccc1F. The lowest BCUT2D eigenvalue weighted by Crippen LogP contribution is -2.21. The molecular formula is C17H15FN2O4. The zero-order valence-corrected chi connectivity index (χ0v) is 12.8. The van der Waals surface area contributed by atoms with Crippen molar-refractivity contribution in [3.05, 3.63) is 58.9 Å². The third-order valence-electron chi connectivity index (χ3n) is 3.86. The minimum atomic E-state index is -1.13. The lowest BCUT2D eigenvalue weighted by atomic mass is 10.0. The fourth-order valence-electron chi connectivity index (χ4n) is 2.61. The summed E-state index contributed by atoms with van der Waals surface area (Å²) in [5, 5.41) is 15.0. The molecule has 1 aliphatic heterocycles. The normalized spacial score (nSPS) is 13.8. The zero-order chi connectivity index (χ0) is 17.3. The molecule has 0 bridgehead atoms. The molecule has 0 saturated carbocycles. The number of carbonyl (C=O) groups is 2. The van der Waals surface area contributed by atoms with E-state index in [2.05, 4.69) is 10.6 Å². The molecule has 3 N–H and O–H groups in total. The van der Waals surface area contributed by atoms with E-state index < -0.39 is 17.8 Å². The first-order valence-corrected chi connectivity index (χ1v) is 7.23. The quantitative estimate of drug-likeness (QED) is 0.783. The van der Waals surface area contributed by atoms with Crippen LogP contribution < -0.4 is 15.4 Å². The van der Waals surface area contributed by atoms with E-state index in [1.165, 1.54) is 19.2 Å². The Morgan fingerprint density at radius 2 is 2.12 bits per heavy atom. The van der Waals surface area contributed by atoms with Gasteiger partial charge in [0.2, 0.25) is 0 Å². The first-order valence-electron chi connectivity index (χ1n) is 7.23. The molecule has 0 spiro atoms. The van der Waals surface area contributed by atoms with Gasteiger partial charge < -0.3 is 20.5 Å². The van der Waals surface area contributed by atoms with E-state index in [-0.39, 0.29) is 11.7 Å². The lowest BCUT2D eigenvalue weighted by Gasteiger charge is -2.17. The van der Waals surface area contributed by atoms with Crippen molar-refractivity contribution in [3.8, 4) is 5.75 Å². The van der Waals surface area contributed by atoms with Gasteiger partial charge in [-0.1, -0.05) is 12.1 Å². The molecule has 1 aliphatic rings. The highest BCUT2D eigenvalue weighted by Gasteiger charge is 2.23. The van der Waals surface area contributed by atoms with Crippen LogP contribution in [0.1, 0.15) is 27.5 Å². The number of ether oxygens (including phenoxy) is 1. The third-order valence-corrected chi connectivity index (χ3v) is 3.86. The first kappa shape index (κ1) is 15.8.